The molecule has 6 nitrogen and oxygen atoms in total. The average Bonchev–Trinajstić information content (AvgIpc) is 2.64. The fraction of sp³-hybridized carbons (Fsp3) is 0.167. The summed E-state index contributed by atoms with van der Waals surface area (Å²) in [4.78, 5) is 34.8. The Morgan fingerprint density at radius 3 is 2.32 bits per heavy atom. The molecule has 0 spiro atoms. The molecule has 0 atom stereocenters. The van der Waals surface area contributed by atoms with Crippen LogP contribution < -0.4 is 10.9 Å². The van der Waals surface area contributed by atoms with Crippen molar-refractivity contribution in [1.82, 2.24) is 10.9 Å². The largest absolute Gasteiger partial charge is 0.455 e. The summed E-state index contributed by atoms with van der Waals surface area (Å²) in [5.41, 5.74) is 4.89. The lowest BCUT2D eigenvalue weighted by Gasteiger charge is -2.08. The predicted octanol–water partition coefficient (Wildman–Crippen LogP) is 1.76. The number of halogens is 1. The number of rotatable bonds is 6. The molecule has 0 fully saturated rings. The van der Waals surface area contributed by atoms with E-state index in [-0.39, 0.29) is 12.0 Å². The first-order chi connectivity index (χ1) is 12.1. The third-order valence-electron chi connectivity index (χ3n) is 3.26. The Kier molecular flexibility index (Phi) is 6.65. The summed E-state index contributed by atoms with van der Waals surface area (Å²) in [6.07, 6.45) is 0.643. The van der Waals surface area contributed by atoms with E-state index in [2.05, 4.69) is 10.9 Å². The van der Waals surface area contributed by atoms with Crippen LogP contribution in [0.1, 0.15) is 22.3 Å². The Bertz CT molecular complexity index is 750. The third-order valence-corrected chi connectivity index (χ3v) is 3.26. The molecular formula is C18H17FN2O4. The molecule has 0 aliphatic carbocycles. The minimum Gasteiger partial charge on any atom is -0.455 e. The number of esters is 1. The monoisotopic (exact) mass is 344 g/mol. The summed E-state index contributed by atoms with van der Waals surface area (Å²) in [6, 6.07) is 14.7. The van der Waals surface area contributed by atoms with Gasteiger partial charge in [-0.2, -0.15) is 0 Å². The summed E-state index contributed by atoms with van der Waals surface area (Å²) < 4.78 is 18.2. The lowest BCUT2D eigenvalue weighted by atomic mass is 10.1. The van der Waals surface area contributed by atoms with Crippen LogP contribution in [0.15, 0.2) is 54.6 Å². The van der Waals surface area contributed by atoms with Crippen molar-refractivity contribution >= 4 is 17.8 Å². The molecule has 0 unspecified atom stereocenters. The maximum absolute atomic E-state index is 13.4. The summed E-state index contributed by atoms with van der Waals surface area (Å²) in [7, 11) is 0. The highest BCUT2D eigenvalue weighted by molar-refractivity contribution is 5.95. The number of hydrogen-bond donors (Lipinski definition) is 2. The van der Waals surface area contributed by atoms with E-state index < -0.39 is 30.2 Å². The van der Waals surface area contributed by atoms with Gasteiger partial charge in [0.2, 0.25) is 0 Å². The maximum atomic E-state index is 13.4. The van der Waals surface area contributed by atoms with Gasteiger partial charge in [0.15, 0.2) is 6.61 Å². The second-order valence-electron chi connectivity index (χ2n) is 5.13. The van der Waals surface area contributed by atoms with Crippen LogP contribution in [0.25, 0.3) is 0 Å². The normalized spacial score (nSPS) is 9.96. The molecule has 130 valence electrons. The van der Waals surface area contributed by atoms with Gasteiger partial charge in [0.25, 0.3) is 11.8 Å². The van der Waals surface area contributed by atoms with Crippen molar-refractivity contribution in [1.29, 1.82) is 0 Å². The minimum atomic E-state index is -0.804. The summed E-state index contributed by atoms with van der Waals surface area (Å²) in [5.74, 6) is -2.76. The second kappa shape index (κ2) is 9.17. The number of nitrogens with one attached hydrogen (secondary N) is 2. The van der Waals surface area contributed by atoms with Crippen molar-refractivity contribution in [3.63, 3.8) is 0 Å². The number of carbonyl (C=O) groups is 3. The average molecular weight is 344 g/mol. The number of amides is 2. The lowest BCUT2D eigenvalue weighted by molar-refractivity contribution is -0.148. The second-order valence-corrected chi connectivity index (χ2v) is 5.13. The maximum Gasteiger partial charge on any atom is 0.306 e. The molecule has 0 aliphatic heterocycles. The topological polar surface area (TPSA) is 84.5 Å². The van der Waals surface area contributed by atoms with Crippen LogP contribution in [-0.4, -0.2) is 24.4 Å². The van der Waals surface area contributed by atoms with Gasteiger partial charge in [0.1, 0.15) is 5.82 Å². The van der Waals surface area contributed by atoms with Gasteiger partial charge in [-0.1, -0.05) is 42.5 Å². The molecule has 0 aromatic heterocycles. The van der Waals surface area contributed by atoms with E-state index in [0.29, 0.717) is 6.42 Å². The van der Waals surface area contributed by atoms with E-state index in [4.69, 9.17) is 4.74 Å². The van der Waals surface area contributed by atoms with E-state index in [0.717, 1.165) is 11.6 Å². The van der Waals surface area contributed by atoms with Gasteiger partial charge in [-0.15, -0.1) is 0 Å². The number of ether oxygens (including phenoxy) is 1. The van der Waals surface area contributed by atoms with E-state index >= 15 is 0 Å². The van der Waals surface area contributed by atoms with E-state index in [1.807, 2.05) is 30.3 Å². The Hall–Kier alpha value is -3.22. The molecule has 0 saturated heterocycles. The Morgan fingerprint density at radius 2 is 1.60 bits per heavy atom. The van der Waals surface area contributed by atoms with Crippen LogP contribution in [0.3, 0.4) is 0 Å². The van der Waals surface area contributed by atoms with Crippen LogP contribution in [0.4, 0.5) is 4.39 Å². The van der Waals surface area contributed by atoms with Gasteiger partial charge in [-0.05, 0) is 24.1 Å². The summed E-state index contributed by atoms with van der Waals surface area (Å²) in [6.45, 7) is -0.537. The molecule has 0 radical (unpaired) electrons. The third kappa shape index (κ3) is 6.06. The van der Waals surface area contributed by atoms with Crippen LogP contribution in [0.2, 0.25) is 0 Å². The molecule has 25 heavy (non-hydrogen) atoms. The Balaban J connectivity index is 1.67. The standard InChI is InChI=1S/C18H17FN2O4/c19-15-9-5-4-8-14(15)18(24)21-20-16(22)12-25-17(23)11-10-13-6-2-1-3-7-13/h1-9H,10-12H2,(H,20,22)(H,21,24). The first-order valence-corrected chi connectivity index (χ1v) is 7.59. The number of hydrogen-bond acceptors (Lipinski definition) is 4. The molecular weight excluding hydrogens is 327 g/mol. The van der Waals surface area contributed by atoms with Crippen molar-refractivity contribution in [2.45, 2.75) is 12.8 Å². The van der Waals surface area contributed by atoms with Crippen molar-refractivity contribution in [3.8, 4) is 0 Å². The number of aryl methyl sites for hydroxylation is 1. The van der Waals surface area contributed by atoms with Gasteiger partial charge in [-0.3, -0.25) is 25.2 Å². The van der Waals surface area contributed by atoms with Gasteiger partial charge in [0.05, 0.1) is 5.56 Å². The smallest absolute Gasteiger partial charge is 0.306 e. The molecule has 2 rings (SSSR count). The fourth-order valence-corrected chi connectivity index (χ4v) is 1.98. The van der Waals surface area contributed by atoms with E-state index in [1.165, 1.54) is 18.2 Å². The first kappa shape index (κ1) is 18.1. The van der Waals surface area contributed by atoms with Crippen LogP contribution in [-0.2, 0) is 20.7 Å². The highest BCUT2D eigenvalue weighted by atomic mass is 19.1. The minimum absolute atomic E-state index is 0.138. The summed E-state index contributed by atoms with van der Waals surface area (Å²) >= 11 is 0. The molecule has 2 aromatic carbocycles. The van der Waals surface area contributed by atoms with Crippen molar-refractivity contribution in [2.75, 3.05) is 6.61 Å². The van der Waals surface area contributed by atoms with Gasteiger partial charge in [-0.25, -0.2) is 4.39 Å². The highest BCUT2D eigenvalue weighted by Crippen LogP contribution is 2.05. The molecule has 0 saturated carbocycles. The van der Waals surface area contributed by atoms with Gasteiger partial charge in [0, 0.05) is 6.42 Å². The van der Waals surface area contributed by atoms with Crippen molar-refractivity contribution < 1.29 is 23.5 Å². The quantitative estimate of drug-likeness (QED) is 0.618. The zero-order valence-electron chi connectivity index (χ0n) is 13.3. The molecule has 0 heterocycles. The molecule has 2 amide bonds. The predicted molar refractivity (Wildman–Crippen MR) is 87.7 cm³/mol. The Labute approximate surface area is 144 Å². The van der Waals surface area contributed by atoms with Gasteiger partial charge >= 0.3 is 5.97 Å². The number of hydrazine groups is 1. The van der Waals surface area contributed by atoms with E-state index in [9.17, 15) is 18.8 Å². The molecule has 2 N–H and O–H groups in total. The van der Waals surface area contributed by atoms with Gasteiger partial charge < -0.3 is 4.74 Å². The molecule has 0 bridgehead atoms. The Morgan fingerprint density at radius 1 is 0.920 bits per heavy atom. The van der Waals surface area contributed by atoms with Crippen LogP contribution in [0, 0.1) is 5.82 Å². The summed E-state index contributed by atoms with van der Waals surface area (Å²) in [5, 5.41) is 0. The number of carbonyl (C=O) groups excluding carboxylic acids is 3. The zero-order valence-corrected chi connectivity index (χ0v) is 13.3. The molecule has 0 aliphatic rings. The van der Waals surface area contributed by atoms with E-state index in [1.54, 1.807) is 0 Å². The highest BCUT2D eigenvalue weighted by Gasteiger charge is 2.12. The fourth-order valence-electron chi connectivity index (χ4n) is 1.98. The van der Waals surface area contributed by atoms with Crippen LogP contribution in [0.5, 0.6) is 0 Å². The molecule has 2 aromatic rings. The lowest BCUT2D eigenvalue weighted by Crippen LogP contribution is -2.43. The van der Waals surface area contributed by atoms with Crippen molar-refractivity contribution in [3.05, 3.63) is 71.5 Å². The first-order valence-electron chi connectivity index (χ1n) is 7.59. The zero-order chi connectivity index (χ0) is 18.1. The SMILES string of the molecule is O=C(COC(=O)CCc1ccccc1)NNC(=O)c1ccccc1F. The van der Waals surface area contributed by atoms with Crippen molar-refractivity contribution in [2.24, 2.45) is 0 Å². The van der Waals surface area contributed by atoms with Crippen LogP contribution >= 0.6 is 0 Å². The number of benzene rings is 2. The molecule has 7 heteroatoms.